The van der Waals surface area contributed by atoms with E-state index in [0.29, 0.717) is 23.7 Å². The van der Waals surface area contributed by atoms with E-state index in [1.807, 2.05) is 30.9 Å². The summed E-state index contributed by atoms with van der Waals surface area (Å²) in [6.45, 7) is 6.64. The van der Waals surface area contributed by atoms with Gasteiger partial charge in [0.05, 0.1) is 5.69 Å². The summed E-state index contributed by atoms with van der Waals surface area (Å²) in [5.74, 6) is 1.30. The predicted octanol–water partition coefficient (Wildman–Crippen LogP) is 4.51. The van der Waals surface area contributed by atoms with Gasteiger partial charge in [-0.1, -0.05) is 0 Å². The van der Waals surface area contributed by atoms with Crippen molar-refractivity contribution >= 4 is 22.9 Å². The zero-order valence-electron chi connectivity index (χ0n) is 15.9. The van der Waals surface area contributed by atoms with Crippen molar-refractivity contribution in [2.45, 2.75) is 20.3 Å². The summed E-state index contributed by atoms with van der Waals surface area (Å²) in [7, 11) is 0. The molecule has 0 saturated carbocycles. The van der Waals surface area contributed by atoms with Crippen LogP contribution in [-0.4, -0.2) is 42.0 Å². The van der Waals surface area contributed by atoms with E-state index in [9.17, 15) is 9.18 Å². The number of benzene rings is 1. The van der Waals surface area contributed by atoms with Crippen molar-refractivity contribution in [2.75, 3.05) is 31.1 Å². The number of anilines is 1. The monoisotopic (exact) mass is 399 g/mol. The zero-order valence-corrected chi connectivity index (χ0v) is 16.8. The number of furan rings is 1. The van der Waals surface area contributed by atoms with E-state index in [-0.39, 0.29) is 11.7 Å². The average molecular weight is 399 g/mol. The van der Waals surface area contributed by atoms with Crippen LogP contribution in [-0.2, 0) is 0 Å². The molecule has 0 aliphatic carbocycles. The summed E-state index contributed by atoms with van der Waals surface area (Å²) < 4.78 is 18.8. The largest absolute Gasteiger partial charge is 0.459 e. The van der Waals surface area contributed by atoms with Crippen LogP contribution in [0.5, 0.6) is 0 Å². The fraction of sp³-hybridized carbons (Fsp3) is 0.333. The SMILES string of the molecule is Cc1ccc(-c2nc(C)c(C(=O)N3CCCN(c4ccc(F)cc4)CC3)s2)o1. The zero-order chi connectivity index (χ0) is 19.7. The number of carbonyl (C=O) groups is 1. The molecule has 146 valence electrons. The molecule has 0 N–H and O–H groups in total. The highest BCUT2D eigenvalue weighted by Crippen LogP contribution is 2.30. The van der Waals surface area contributed by atoms with E-state index in [1.165, 1.54) is 23.5 Å². The first-order valence-corrected chi connectivity index (χ1v) is 10.2. The Kier molecular flexibility index (Phi) is 5.17. The van der Waals surface area contributed by atoms with Crippen molar-refractivity contribution in [1.82, 2.24) is 9.88 Å². The van der Waals surface area contributed by atoms with Crippen LogP contribution >= 0.6 is 11.3 Å². The van der Waals surface area contributed by atoms with Gasteiger partial charge >= 0.3 is 0 Å². The van der Waals surface area contributed by atoms with Crippen molar-refractivity contribution in [3.63, 3.8) is 0 Å². The maximum Gasteiger partial charge on any atom is 0.265 e. The van der Waals surface area contributed by atoms with Crippen molar-refractivity contribution < 1.29 is 13.6 Å². The molecule has 0 unspecified atom stereocenters. The van der Waals surface area contributed by atoms with Crippen LogP contribution < -0.4 is 4.90 Å². The summed E-state index contributed by atoms with van der Waals surface area (Å²) in [6, 6.07) is 10.3. The molecule has 1 fully saturated rings. The van der Waals surface area contributed by atoms with Gasteiger partial charge in [0.15, 0.2) is 10.8 Å². The topological polar surface area (TPSA) is 49.6 Å². The first-order valence-electron chi connectivity index (χ1n) is 9.35. The van der Waals surface area contributed by atoms with Gasteiger partial charge in [0.2, 0.25) is 0 Å². The van der Waals surface area contributed by atoms with Crippen molar-refractivity contribution in [1.29, 1.82) is 0 Å². The number of thiazole rings is 1. The molecule has 1 aliphatic rings. The summed E-state index contributed by atoms with van der Waals surface area (Å²) in [6.07, 6.45) is 0.866. The molecule has 4 rings (SSSR count). The van der Waals surface area contributed by atoms with Gasteiger partial charge in [-0.3, -0.25) is 4.79 Å². The molecular formula is C21H22FN3O2S. The number of aromatic nitrogens is 1. The van der Waals surface area contributed by atoms with Crippen LogP contribution in [0.3, 0.4) is 0 Å². The third-order valence-electron chi connectivity index (χ3n) is 4.92. The Morgan fingerprint density at radius 2 is 1.86 bits per heavy atom. The number of halogens is 1. The van der Waals surface area contributed by atoms with Gasteiger partial charge in [-0.05, 0) is 56.7 Å². The number of nitrogens with zero attached hydrogens (tertiary/aromatic N) is 3. The fourth-order valence-corrected chi connectivity index (χ4v) is 4.42. The number of aryl methyl sites for hydroxylation is 2. The van der Waals surface area contributed by atoms with Crippen LogP contribution in [0.1, 0.15) is 27.5 Å². The van der Waals surface area contributed by atoms with Gasteiger partial charge in [-0.15, -0.1) is 11.3 Å². The van der Waals surface area contributed by atoms with Gasteiger partial charge < -0.3 is 14.2 Å². The lowest BCUT2D eigenvalue weighted by Gasteiger charge is -2.23. The summed E-state index contributed by atoms with van der Waals surface area (Å²) >= 11 is 1.38. The quantitative estimate of drug-likeness (QED) is 0.650. The lowest BCUT2D eigenvalue weighted by molar-refractivity contribution is 0.0771. The van der Waals surface area contributed by atoms with Gasteiger partial charge in [0, 0.05) is 31.9 Å². The Morgan fingerprint density at radius 3 is 2.57 bits per heavy atom. The second kappa shape index (κ2) is 7.75. The molecule has 1 aromatic carbocycles. The molecule has 3 aromatic rings. The minimum atomic E-state index is -0.237. The average Bonchev–Trinajstić information content (AvgIpc) is 3.19. The number of amides is 1. The molecule has 0 bridgehead atoms. The summed E-state index contributed by atoms with van der Waals surface area (Å²) in [4.78, 5) is 22.4. The highest BCUT2D eigenvalue weighted by Gasteiger charge is 2.25. The number of carbonyl (C=O) groups excluding carboxylic acids is 1. The Morgan fingerprint density at radius 1 is 1.07 bits per heavy atom. The Hall–Kier alpha value is -2.67. The van der Waals surface area contributed by atoms with E-state index in [1.54, 1.807) is 12.1 Å². The third-order valence-corrected chi connectivity index (χ3v) is 6.08. The van der Waals surface area contributed by atoms with Gasteiger partial charge in [0.1, 0.15) is 16.5 Å². The van der Waals surface area contributed by atoms with Crippen molar-refractivity contribution in [3.05, 3.63) is 58.5 Å². The lowest BCUT2D eigenvalue weighted by atomic mass is 10.2. The summed E-state index contributed by atoms with van der Waals surface area (Å²) in [5.41, 5.74) is 1.72. The van der Waals surface area contributed by atoms with E-state index >= 15 is 0 Å². The van der Waals surface area contributed by atoms with Crippen LogP contribution in [0.25, 0.3) is 10.8 Å². The molecule has 7 heteroatoms. The number of hydrogen-bond donors (Lipinski definition) is 0. The van der Waals surface area contributed by atoms with Crippen molar-refractivity contribution in [2.24, 2.45) is 0 Å². The third kappa shape index (κ3) is 3.80. The molecule has 28 heavy (non-hydrogen) atoms. The maximum absolute atomic E-state index is 13.2. The van der Waals surface area contributed by atoms with Crippen LogP contribution in [0, 0.1) is 19.7 Å². The molecule has 1 saturated heterocycles. The first kappa shape index (κ1) is 18.7. The second-order valence-corrected chi connectivity index (χ2v) is 7.95. The van der Waals surface area contributed by atoms with Crippen LogP contribution in [0.4, 0.5) is 10.1 Å². The van der Waals surface area contributed by atoms with Gasteiger partial charge in [-0.2, -0.15) is 0 Å². The molecule has 2 aromatic heterocycles. The highest BCUT2D eigenvalue weighted by atomic mass is 32.1. The fourth-order valence-electron chi connectivity index (χ4n) is 3.42. The van der Waals surface area contributed by atoms with Crippen LogP contribution in [0.15, 0.2) is 40.8 Å². The standard InChI is InChI=1S/C21H22FN3O2S/c1-14-4-9-18(27-14)20-23-15(2)19(28-20)21(26)25-11-3-10-24(12-13-25)17-7-5-16(22)6-8-17/h4-9H,3,10-13H2,1-2H3. The van der Waals surface area contributed by atoms with E-state index in [2.05, 4.69) is 9.88 Å². The van der Waals surface area contributed by atoms with E-state index in [0.717, 1.165) is 41.7 Å². The smallest absolute Gasteiger partial charge is 0.265 e. The molecule has 5 nitrogen and oxygen atoms in total. The van der Waals surface area contributed by atoms with Gasteiger partial charge in [-0.25, -0.2) is 9.37 Å². The van der Waals surface area contributed by atoms with E-state index in [4.69, 9.17) is 4.42 Å². The number of hydrogen-bond acceptors (Lipinski definition) is 5. The molecule has 1 amide bonds. The van der Waals surface area contributed by atoms with Gasteiger partial charge in [0.25, 0.3) is 5.91 Å². The second-order valence-electron chi connectivity index (χ2n) is 6.95. The Balaban J connectivity index is 1.48. The van der Waals surface area contributed by atoms with Crippen molar-refractivity contribution in [3.8, 4) is 10.8 Å². The molecule has 0 atom stereocenters. The first-order chi connectivity index (χ1) is 13.5. The Labute approximate surface area is 167 Å². The predicted molar refractivity (Wildman–Crippen MR) is 108 cm³/mol. The lowest BCUT2D eigenvalue weighted by Crippen LogP contribution is -2.35. The molecule has 1 aliphatic heterocycles. The Bertz CT molecular complexity index is 980. The highest BCUT2D eigenvalue weighted by molar-refractivity contribution is 7.17. The molecule has 3 heterocycles. The molecular weight excluding hydrogens is 377 g/mol. The summed E-state index contributed by atoms with van der Waals surface area (Å²) in [5, 5.41) is 0.733. The minimum Gasteiger partial charge on any atom is -0.459 e. The normalized spacial score (nSPS) is 15.0. The van der Waals surface area contributed by atoms with E-state index < -0.39 is 0 Å². The molecule has 0 spiro atoms. The number of rotatable bonds is 3. The molecule has 0 radical (unpaired) electrons. The maximum atomic E-state index is 13.2. The van der Waals surface area contributed by atoms with Crippen LogP contribution in [0.2, 0.25) is 0 Å². The minimum absolute atomic E-state index is 0.0190.